The molecule has 0 heterocycles. The third-order valence-corrected chi connectivity index (χ3v) is 3.26. The van der Waals surface area contributed by atoms with Gasteiger partial charge in [-0.05, 0) is 0 Å². The van der Waals surface area contributed by atoms with E-state index in [9.17, 15) is 28.7 Å². The third kappa shape index (κ3) is 2.82. The molecule has 0 amide bonds. The predicted molar refractivity (Wildman–Crippen MR) is 49.0 cm³/mol. The highest BCUT2D eigenvalue weighted by molar-refractivity contribution is 7.46. The summed E-state index contributed by atoms with van der Waals surface area (Å²) in [7, 11) is -5.26. The van der Waals surface area contributed by atoms with Gasteiger partial charge < -0.3 is 25.1 Å². The van der Waals surface area contributed by atoms with E-state index in [0.717, 1.165) is 6.92 Å². The van der Waals surface area contributed by atoms with E-state index in [1.165, 1.54) is 0 Å². The van der Waals surface area contributed by atoms with Crippen molar-refractivity contribution in [2.24, 2.45) is 5.92 Å². The molecule has 10 heteroatoms. The van der Waals surface area contributed by atoms with Gasteiger partial charge in [0.15, 0.2) is 6.10 Å². The minimum absolute atomic E-state index is 0.871. The van der Waals surface area contributed by atoms with Gasteiger partial charge in [0.1, 0.15) is 12.2 Å². The number of aliphatic hydroxyl groups excluding tert-OH is 3. The Labute approximate surface area is 94.9 Å². The zero-order valence-corrected chi connectivity index (χ0v) is 9.54. The van der Waals surface area contributed by atoms with E-state index in [2.05, 4.69) is 4.52 Å². The molecule has 1 rings (SSSR count). The molecule has 5 N–H and O–H groups in total. The maximum atomic E-state index is 13.6. The average molecular weight is 278 g/mol. The second-order valence-corrected chi connectivity index (χ2v) is 5.14. The normalized spacial score (nSPS) is 42.5. The quantitative estimate of drug-likeness (QED) is 0.403. The highest BCUT2D eigenvalue weighted by Crippen LogP contribution is 2.48. The molecule has 102 valence electrons. The van der Waals surface area contributed by atoms with Crippen molar-refractivity contribution in [3.05, 3.63) is 0 Å². The van der Waals surface area contributed by atoms with Gasteiger partial charge in [0.05, 0.1) is 12.0 Å². The van der Waals surface area contributed by atoms with E-state index in [1.54, 1.807) is 0 Å². The van der Waals surface area contributed by atoms with Crippen molar-refractivity contribution in [3.8, 4) is 0 Å². The van der Waals surface area contributed by atoms with Gasteiger partial charge in [0.2, 0.25) is 0 Å². The number of phosphoric acid groups is 1. The molecule has 0 spiro atoms. The summed E-state index contributed by atoms with van der Waals surface area (Å²) in [5, 5.41) is 27.7. The molecule has 0 radical (unpaired) electrons. The number of halogens is 2. The summed E-state index contributed by atoms with van der Waals surface area (Å²) in [6.07, 6.45) is -8.78. The smallest absolute Gasteiger partial charge is 0.390 e. The first kappa shape index (κ1) is 14.9. The van der Waals surface area contributed by atoms with Crippen LogP contribution < -0.4 is 0 Å². The van der Waals surface area contributed by atoms with E-state index in [1.807, 2.05) is 0 Å². The molecular formula is C7H13F2O7P. The summed E-state index contributed by atoms with van der Waals surface area (Å²) in [6, 6.07) is 0. The molecule has 1 saturated carbocycles. The first-order chi connectivity index (χ1) is 7.48. The fraction of sp³-hybridized carbons (Fsp3) is 1.00. The summed E-state index contributed by atoms with van der Waals surface area (Å²) in [5.74, 6) is -5.71. The number of hydrogen-bond donors (Lipinski definition) is 5. The van der Waals surface area contributed by atoms with Crippen molar-refractivity contribution in [2.45, 2.75) is 37.3 Å². The largest absolute Gasteiger partial charge is 0.470 e. The lowest BCUT2D eigenvalue weighted by Gasteiger charge is -2.44. The van der Waals surface area contributed by atoms with E-state index < -0.39 is 44.1 Å². The second kappa shape index (κ2) is 4.51. The van der Waals surface area contributed by atoms with Crippen LogP contribution in [0.15, 0.2) is 0 Å². The molecule has 1 fully saturated rings. The van der Waals surface area contributed by atoms with E-state index in [-0.39, 0.29) is 0 Å². The maximum Gasteiger partial charge on any atom is 0.470 e. The predicted octanol–water partition coefficient (Wildman–Crippen LogP) is -1.17. The lowest BCUT2D eigenvalue weighted by atomic mass is 9.79. The fourth-order valence-corrected chi connectivity index (χ4v) is 2.23. The van der Waals surface area contributed by atoms with Gasteiger partial charge in [-0.2, -0.15) is 0 Å². The topological polar surface area (TPSA) is 127 Å². The Morgan fingerprint density at radius 1 is 1.12 bits per heavy atom. The van der Waals surface area contributed by atoms with Crippen LogP contribution in [0.2, 0.25) is 0 Å². The van der Waals surface area contributed by atoms with Crippen LogP contribution in [0.25, 0.3) is 0 Å². The highest BCUT2D eigenvalue weighted by Gasteiger charge is 2.61. The highest BCUT2D eigenvalue weighted by atomic mass is 31.2. The Morgan fingerprint density at radius 3 is 2.00 bits per heavy atom. The van der Waals surface area contributed by atoms with Gasteiger partial charge in [0.25, 0.3) is 5.92 Å². The van der Waals surface area contributed by atoms with E-state index in [4.69, 9.17) is 9.79 Å². The molecule has 0 bridgehead atoms. The summed E-state index contributed by atoms with van der Waals surface area (Å²) in [6.45, 7) is 0.871. The second-order valence-electron chi connectivity index (χ2n) is 3.95. The fourth-order valence-electron chi connectivity index (χ4n) is 1.67. The molecule has 0 saturated heterocycles. The lowest BCUT2D eigenvalue weighted by Crippen LogP contribution is -2.64. The number of aliphatic hydroxyl groups is 3. The van der Waals surface area contributed by atoms with Gasteiger partial charge in [-0.3, -0.25) is 4.52 Å². The Morgan fingerprint density at radius 2 is 1.59 bits per heavy atom. The Kier molecular flexibility index (Phi) is 3.95. The van der Waals surface area contributed by atoms with E-state index >= 15 is 0 Å². The molecule has 0 unspecified atom stereocenters. The van der Waals surface area contributed by atoms with Crippen LogP contribution in [-0.4, -0.2) is 55.4 Å². The average Bonchev–Trinajstić information content (AvgIpc) is 2.18. The SMILES string of the molecule is C[C@H]1[C@H](O)[C@H](O)[C@H](O)[C@H](OP(=O)(O)O)C1(F)F. The van der Waals surface area contributed by atoms with Crippen molar-refractivity contribution in [2.75, 3.05) is 0 Å². The van der Waals surface area contributed by atoms with Gasteiger partial charge in [0, 0.05) is 0 Å². The lowest BCUT2D eigenvalue weighted by molar-refractivity contribution is -0.259. The third-order valence-electron chi connectivity index (χ3n) is 2.76. The van der Waals surface area contributed by atoms with Gasteiger partial charge in [-0.15, -0.1) is 0 Å². The van der Waals surface area contributed by atoms with Crippen LogP contribution in [-0.2, 0) is 9.09 Å². The minimum atomic E-state index is -5.26. The number of phosphoric ester groups is 1. The van der Waals surface area contributed by atoms with Crippen LogP contribution in [0.3, 0.4) is 0 Å². The number of rotatable bonds is 2. The minimum Gasteiger partial charge on any atom is -0.390 e. The van der Waals surface area contributed by atoms with Crippen molar-refractivity contribution in [1.29, 1.82) is 0 Å². The van der Waals surface area contributed by atoms with Crippen molar-refractivity contribution < 1.29 is 43.0 Å². The van der Waals surface area contributed by atoms with Gasteiger partial charge in [-0.1, -0.05) is 6.92 Å². The first-order valence-electron chi connectivity index (χ1n) is 4.64. The van der Waals surface area contributed by atoms with Crippen LogP contribution >= 0.6 is 7.82 Å². The van der Waals surface area contributed by atoms with Gasteiger partial charge in [-0.25, -0.2) is 13.3 Å². The molecule has 17 heavy (non-hydrogen) atoms. The Bertz CT molecular complexity index is 332. The monoisotopic (exact) mass is 278 g/mol. The molecule has 1 aliphatic carbocycles. The number of alkyl halides is 2. The Balaban J connectivity index is 3.04. The number of hydrogen-bond acceptors (Lipinski definition) is 5. The summed E-state index contributed by atoms with van der Waals surface area (Å²) >= 11 is 0. The zero-order chi connectivity index (χ0) is 13.6. The van der Waals surface area contributed by atoms with Crippen molar-refractivity contribution in [3.63, 3.8) is 0 Å². The standard InChI is InChI=1S/C7H13F2O7P/c1-2-3(10)4(11)5(12)6(7(2,8)9)16-17(13,14)15/h2-6,10-12H,1H3,(H2,13,14,15)/t2-,3-,4-,5-,6-/m0/s1. The first-order valence-corrected chi connectivity index (χ1v) is 6.17. The molecule has 0 aromatic carbocycles. The maximum absolute atomic E-state index is 13.6. The Hall–Kier alpha value is -0.150. The van der Waals surface area contributed by atoms with Crippen molar-refractivity contribution in [1.82, 2.24) is 0 Å². The molecule has 0 aromatic heterocycles. The molecule has 0 aliphatic heterocycles. The van der Waals surface area contributed by atoms with E-state index in [0.29, 0.717) is 0 Å². The molecule has 0 aromatic rings. The van der Waals surface area contributed by atoms with Crippen molar-refractivity contribution >= 4 is 7.82 Å². The zero-order valence-electron chi connectivity index (χ0n) is 8.64. The van der Waals surface area contributed by atoms with Gasteiger partial charge >= 0.3 is 7.82 Å². The van der Waals surface area contributed by atoms with Crippen LogP contribution in [0.1, 0.15) is 6.92 Å². The summed E-state index contributed by atoms with van der Waals surface area (Å²) < 4.78 is 41.4. The molecule has 5 atom stereocenters. The summed E-state index contributed by atoms with van der Waals surface area (Å²) in [5.41, 5.74) is 0. The molecule has 1 aliphatic rings. The van der Waals surface area contributed by atoms with Crippen LogP contribution in [0.5, 0.6) is 0 Å². The molecule has 7 nitrogen and oxygen atoms in total. The summed E-state index contributed by atoms with van der Waals surface area (Å²) in [4.78, 5) is 16.9. The van der Waals surface area contributed by atoms with Crippen LogP contribution in [0, 0.1) is 5.92 Å². The molecular weight excluding hydrogens is 265 g/mol. The van der Waals surface area contributed by atoms with Crippen LogP contribution in [0.4, 0.5) is 8.78 Å².